The Balaban J connectivity index is 1.92. The minimum absolute atomic E-state index is 0.0729. The molecule has 334 valence electrons. The van der Waals surface area contributed by atoms with Crippen molar-refractivity contribution in [3.63, 3.8) is 0 Å². The average molecular weight is 842 g/mol. The normalized spacial score (nSPS) is 37.0. The van der Waals surface area contributed by atoms with Gasteiger partial charge in [-0.25, -0.2) is 4.39 Å². The first kappa shape index (κ1) is 49.0. The third-order valence-corrected chi connectivity index (χ3v) is 12.6. The molecule has 2 aromatic carbocycles. The predicted molar refractivity (Wildman–Crippen MR) is 227 cm³/mol. The first-order valence-corrected chi connectivity index (χ1v) is 21.1. The van der Waals surface area contributed by atoms with E-state index in [9.17, 15) is 29.3 Å². The van der Waals surface area contributed by atoms with Crippen molar-refractivity contribution in [2.45, 2.75) is 148 Å². The van der Waals surface area contributed by atoms with Crippen molar-refractivity contribution in [2.24, 2.45) is 33.9 Å². The summed E-state index contributed by atoms with van der Waals surface area (Å²) in [6.07, 6.45) is -6.59. The van der Waals surface area contributed by atoms with Gasteiger partial charge in [-0.2, -0.15) is 10.2 Å². The van der Waals surface area contributed by atoms with Crippen molar-refractivity contribution in [1.82, 2.24) is 4.90 Å². The number of carbonyl (C=O) groups excluding carboxylic acids is 2. The topological polar surface area (TPSA) is 169 Å². The maximum absolute atomic E-state index is 14.3. The Labute approximate surface area is 355 Å². The summed E-state index contributed by atoms with van der Waals surface area (Å²) in [6.45, 7) is 15.6. The number of aliphatic hydroxyl groups excluding tert-OH is 2. The predicted octanol–water partition coefficient (Wildman–Crippen LogP) is 5.74. The molecule has 14 heteroatoms. The number of cyclic esters (lactones) is 1. The molecule has 2 saturated heterocycles. The van der Waals surface area contributed by atoms with E-state index in [0.717, 1.165) is 0 Å². The van der Waals surface area contributed by atoms with Crippen molar-refractivity contribution in [3.8, 4) is 0 Å². The van der Waals surface area contributed by atoms with Gasteiger partial charge < -0.3 is 43.9 Å². The van der Waals surface area contributed by atoms with Crippen LogP contribution in [0.3, 0.4) is 0 Å². The minimum Gasteiger partial charge on any atom is -0.461 e. The number of rotatable bonds is 10. The van der Waals surface area contributed by atoms with Crippen molar-refractivity contribution in [3.05, 3.63) is 71.5 Å². The van der Waals surface area contributed by atoms with Crippen molar-refractivity contribution >= 4 is 23.4 Å². The number of likely N-dealkylation sites (N-methyl/N-ethyl adjacent to an activating group) is 1. The van der Waals surface area contributed by atoms with Gasteiger partial charge in [-0.3, -0.25) is 9.59 Å². The molecule has 0 saturated carbocycles. The van der Waals surface area contributed by atoms with E-state index in [0.29, 0.717) is 29.0 Å². The van der Waals surface area contributed by atoms with Crippen LogP contribution in [0.15, 0.2) is 64.8 Å². The Morgan fingerprint density at radius 2 is 1.63 bits per heavy atom. The van der Waals surface area contributed by atoms with Crippen LogP contribution in [0.1, 0.15) is 92.7 Å². The highest BCUT2D eigenvalue weighted by Crippen LogP contribution is 2.40. The Kier molecular flexibility index (Phi) is 17.1. The molecule has 14 atom stereocenters. The van der Waals surface area contributed by atoms with Crippen LogP contribution in [0.25, 0.3) is 0 Å². The summed E-state index contributed by atoms with van der Waals surface area (Å²) in [4.78, 5) is 30.0. The number of esters is 2. The molecule has 2 aromatic rings. The molecule has 0 bridgehead atoms. The van der Waals surface area contributed by atoms with Crippen molar-refractivity contribution in [1.29, 1.82) is 0 Å². The molecule has 2 aliphatic rings. The largest absolute Gasteiger partial charge is 0.461 e. The lowest BCUT2D eigenvalue weighted by atomic mass is 9.73. The molecule has 3 N–H and O–H groups in total. The summed E-state index contributed by atoms with van der Waals surface area (Å²) in [6, 6.07) is 14.6. The molecule has 13 nitrogen and oxygen atoms in total. The zero-order valence-electron chi connectivity index (χ0n) is 37.4. The molecule has 0 radical (unpaired) electrons. The third kappa shape index (κ3) is 11.6. The monoisotopic (exact) mass is 841 g/mol. The molecule has 0 spiro atoms. The highest BCUT2D eigenvalue weighted by atomic mass is 19.1. The molecular weight excluding hydrogens is 774 g/mol. The lowest BCUT2D eigenvalue weighted by molar-refractivity contribution is -0.301. The van der Waals surface area contributed by atoms with Gasteiger partial charge in [-0.1, -0.05) is 70.2 Å². The zero-order valence-corrected chi connectivity index (χ0v) is 37.4. The Hall–Kier alpha value is -3.63. The van der Waals surface area contributed by atoms with Gasteiger partial charge in [-0.15, -0.1) is 0 Å². The fourth-order valence-electron chi connectivity index (χ4n) is 8.82. The number of carbonyl (C=O) groups is 2. The first-order valence-electron chi connectivity index (χ1n) is 21.1. The lowest BCUT2D eigenvalue weighted by Crippen LogP contribution is -2.60. The van der Waals surface area contributed by atoms with E-state index in [4.69, 9.17) is 28.8 Å². The van der Waals surface area contributed by atoms with Gasteiger partial charge in [0.25, 0.3) is 0 Å². The molecule has 4 rings (SSSR count). The van der Waals surface area contributed by atoms with Gasteiger partial charge >= 0.3 is 11.9 Å². The molecular formula is C46H68FN3O10. The first-order chi connectivity index (χ1) is 28.1. The minimum atomic E-state index is -1.97. The summed E-state index contributed by atoms with van der Waals surface area (Å²) in [5, 5.41) is 45.0. The van der Waals surface area contributed by atoms with Crippen LogP contribution in [-0.4, -0.2) is 125 Å². The van der Waals surface area contributed by atoms with E-state index in [1.54, 1.807) is 58.9 Å². The number of hydrogen-bond donors (Lipinski definition) is 3. The molecule has 14 unspecified atom stereocenters. The second-order valence-corrected chi connectivity index (χ2v) is 17.5. The molecule has 0 aliphatic carbocycles. The standard InChI is InChI=1S/C46H68FN3O10/c1-13-36-46(9,55)41(53)28(4)38(49-48-31(7)33-19-21-34(47)22-20-33)26(2)25-45(8,56-12)42(60-44-39(52)35(50(10)11)23-27(3)57-44)29(5)40(30(6)43(54)58-36)59-37(51)24-32-17-15-14-16-18-32/h14-22,26-30,35-36,39-42,44,52-53,55H,13,23-25H2,1-12H3. The molecule has 0 aromatic heterocycles. The van der Waals surface area contributed by atoms with Crippen LogP contribution in [0.5, 0.6) is 0 Å². The second kappa shape index (κ2) is 21.0. The molecule has 60 heavy (non-hydrogen) atoms. The summed E-state index contributed by atoms with van der Waals surface area (Å²) < 4.78 is 45.7. The summed E-state index contributed by atoms with van der Waals surface area (Å²) in [5.74, 6) is -5.02. The molecule has 0 amide bonds. The maximum atomic E-state index is 14.3. The fourth-order valence-corrected chi connectivity index (χ4v) is 8.82. The Bertz CT molecular complexity index is 1770. The second-order valence-electron chi connectivity index (χ2n) is 17.5. The third-order valence-electron chi connectivity index (χ3n) is 12.6. The van der Waals surface area contributed by atoms with E-state index in [1.807, 2.05) is 58.0 Å². The van der Waals surface area contributed by atoms with Gasteiger partial charge in [0.1, 0.15) is 29.7 Å². The van der Waals surface area contributed by atoms with Crippen LogP contribution in [0.2, 0.25) is 0 Å². The highest BCUT2D eigenvalue weighted by molar-refractivity contribution is 5.99. The number of ether oxygens (including phenoxy) is 5. The van der Waals surface area contributed by atoms with E-state index in [1.165, 1.54) is 26.2 Å². The van der Waals surface area contributed by atoms with E-state index >= 15 is 0 Å². The summed E-state index contributed by atoms with van der Waals surface area (Å²) in [5.41, 5.74) is -1.02. The summed E-state index contributed by atoms with van der Waals surface area (Å²) in [7, 11) is 5.28. The zero-order chi connectivity index (χ0) is 44.7. The number of aliphatic hydroxyl groups is 3. The number of benzene rings is 2. The van der Waals surface area contributed by atoms with Gasteiger partial charge in [0.05, 0.1) is 42.0 Å². The van der Waals surface area contributed by atoms with Crippen molar-refractivity contribution in [2.75, 3.05) is 21.2 Å². The molecule has 2 heterocycles. The van der Waals surface area contributed by atoms with Crippen LogP contribution >= 0.6 is 0 Å². The number of halogens is 1. The van der Waals surface area contributed by atoms with Crippen LogP contribution in [0, 0.1) is 29.5 Å². The highest BCUT2D eigenvalue weighted by Gasteiger charge is 2.52. The van der Waals surface area contributed by atoms with Gasteiger partial charge in [0, 0.05) is 30.7 Å². The molecule has 2 fully saturated rings. The van der Waals surface area contributed by atoms with Crippen LogP contribution < -0.4 is 0 Å². The number of methoxy groups -OCH3 is 1. The van der Waals surface area contributed by atoms with E-state index < -0.39 is 89.4 Å². The summed E-state index contributed by atoms with van der Waals surface area (Å²) >= 11 is 0. The van der Waals surface area contributed by atoms with Crippen LogP contribution in [-0.2, 0) is 39.7 Å². The fraction of sp³-hybridized carbons (Fsp3) is 0.652. The quantitative estimate of drug-likeness (QED) is 0.152. The van der Waals surface area contributed by atoms with Crippen LogP contribution in [0.4, 0.5) is 4.39 Å². The van der Waals surface area contributed by atoms with E-state index in [-0.39, 0.29) is 31.4 Å². The Morgan fingerprint density at radius 3 is 2.22 bits per heavy atom. The maximum Gasteiger partial charge on any atom is 0.312 e. The van der Waals surface area contributed by atoms with Crippen molar-refractivity contribution < 1.29 is 53.0 Å². The van der Waals surface area contributed by atoms with E-state index in [2.05, 4.69) is 5.10 Å². The van der Waals surface area contributed by atoms with Gasteiger partial charge in [0.2, 0.25) is 0 Å². The van der Waals surface area contributed by atoms with Gasteiger partial charge in [-0.05, 0) is 97.2 Å². The molecule has 2 aliphatic heterocycles. The number of hydrogen-bond acceptors (Lipinski definition) is 13. The average Bonchev–Trinajstić information content (AvgIpc) is 3.20. The lowest BCUT2D eigenvalue weighted by Gasteiger charge is -2.48. The smallest absolute Gasteiger partial charge is 0.312 e. The Morgan fingerprint density at radius 1 is 1.00 bits per heavy atom. The van der Waals surface area contributed by atoms with Gasteiger partial charge in [0.15, 0.2) is 6.29 Å². The SMILES string of the molecule is CCC1OC(=O)C(C)C(OC(=O)Cc2ccccc2)C(C)C(OC2OC(C)CC(N(C)C)C2O)C(C)(OC)CC(C)C(=NN=C(C)c2ccc(F)cc2)C(C)C(O)C1(C)O. The number of nitrogens with zero attached hydrogens (tertiary/aromatic N) is 3.